The van der Waals surface area contributed by atoms with Gasteiger partial charge >= 0.3 is 5.97 Å². The second-order valence-electron chi connectivity index (χ2n) is 6.22. The Balaban J connectivity index is 1.75. The number of hydrogen-bond acceptors (Lipinski definition) is 9. The highest BCUT2D eigenvalue weighted by atomic mass is 32.1. The van der Waals surface area contributed by atoms with Crippen molar-refractivity contribution in [1.82, 2.24) is 14.8 Å². The highest BCUT2D eigenvalue weighted by Gasteiger charge is 2.18. The van der Waals surface area contributed by atoms with E-state index in [0.29, 0.717) is 17.0 Å². The summed E-state index contributed by atoms with van der Waals surface area (Å²) in [6.45, 7) is 3.15. The lowest BCUT2D eigenvalue weighted by atomic mass is 10.1. The van der Waals surface area contributed by atoms with Crippen molar-refractivity contribution in [3.63, 3.8) is 0 Å². The summed E-state index contributed by atoms with van der Waals surface area (Å²) in [6.07, 6.45) is 0. The largest absolute Gasteiger partial charge is 0.462 e. The number of aryl methyl sites for hydroxylation is 1. The standard InChI is InChI=1S/C19H17N5O6S/c1-3-30-18(27)17-11(2)20-19(31-17)21-15(25)10-23-16(26)9-8-14(22-23)12-4-6-13(7-5-12)24(28)29/h4-9H,3,10H2,1-2H3,(H,20,21,25). The molecule has 3 rings (SSSR count). The molecule has 3 aromatic rings. The van der Waals surface area contributed by atoms with Gasteiger partial charge in [0.1, 0.15) is 11.4 Å². The van der Waals surface area contributed by atoms with Crippen molar-refractivity contribution < 1.29 is 19.2 Å². The summed E-state index contributed by atoms with van der Waals surface area (Å²) in [4.78, 5) is 51.0. The molecule has 11 nitrogen and oxygen atoms in total. The number of esters is 1. The Kier molecular flexibility index (Phi) is 6.50. The van der Waals surface area contributed by atoms with Gasteiger partial charge in [-0.05, 0) is 32.0 Å². The van der Waals surface area contributed by atoms with Gasteiger partial charge in [-0.3, -0.25) is 19.7 Å². The van der Waals surface area contributed by atoms with E-state index in [4.69, 9.17) is 4.74 Å². The van der Waals surface area contributed by atoms with Crippen LogP contribution in [-0.4, -0.2) is 38.2 Å². The van der Waals surface area contributed by atoms with E-state index in [-0.39, 0.29) is 28.8 Å². The number of benzene rings is 1. The minimum atomic E-state index is -0.556. The number of nitro benzene ring substituents is 1. The molecule has 1 amide bonds. The lowest BCUT2D eigenvalue weighted by Crippen LogP contribution is -2.29. The zero-order valence-electron chi connectivity index (χ0n) is 16.5. The number of ether oxygens (including phenoxy) is 1. The molecule has 160 valence electrons. The van der Waals surface area contributed by atoms with Crippen LogP contribution >= 0.6 is 11.3 Å². The Morgan fingerprint density at radius 2 is 1.94 bits per heavy atom. The molecule has 0 saturated carbocycles. The molecule has 0 bridgehead atoms. The molecule has 0 aliphatic heterocycles. The Morgan fingerprint density at radius 1 is 1.23 bits per heavy atom. The first-order valence-corrected chi connectivity index (χ1v) is 9.87. The second-order valence-corrected chi connectivity index (χ2v) is 7.22. The van der Waals surface area contributed by atoms with Crippen LogP contribution in [0.15, 0.2) is 41.2 Å². The minimum absolute atomic E-state index is 0.0719. The van der Waals surface area contributed by atoms with Gasteiger partial charge in [-0.2, -0.15) is 5.10 Å². The number of amides is 1. The number of aromatic nitrogens is 3. The molecule has 0 radical (unpaired) electrons. The average Bonchev–Trinajstić information content (AvgIpc) is 3.09. The van der Waals surface area contributed by atoms with Gasteiger partial charge in [-0.1, -0.05) is 11.3 Å². The van der Waals surface area contributed by atoms with E-state index in [1.165, 1.54) is 36.4 Å². The van der Waals surface area contributed by atoms with Crippen molar-refractivity contribution in [3.05, 3.63) is 67.4 Å². The Bertz CT molecular complexity index is 1200. The number of nitro groups is 1. The van der Waals surface area contributed by atoms with Crippen LogP contribution in [0.1, 0.15) is 22.3 Å². The topological polar surface area (TPSA) is 146 Å². The predicted octanol–water partition coefficient (Wildman–Crippen LogP) is 2.40. The molecule has 0 saturated heterocycles. The van der Waals surface area contributed by atoms with E-state index in [1.807, 2.05) is 0 Å². The van der Waals surface area contributed by atoms with Crippen LogP contribution in [0.5, 0.6) is 0 Å². The average molecular weight is 443 g/mol. The van der Waals surface area contributed by atoms with Crippen LogP contribution in [-0.2, 0) is 16.1 Å². The zero-order valence-corrected chi connectivity index (χ0v) is 17.3. The fraction of sp³-hybridized carbons (Fsp3) is 0.211. The highest BCUT2D eigenvalue weighted by molar-refractivity contribution is 7.17. The molecule has 12 heteroatoms. The van der Waals surface area contributed by atoms with E-state index < -0.39 is 22.4 Å². The maximum Gasteiger partial charge on any atom is 0.350 e. The van der Waals surface area contributed by atoms with Crippen LogP contribution in [0.25, 0.3) is 11.3 Å². The predicted molar refractivity (Wildman–Crippen MR) is 112 cm³/mol. The van der Waals surface area contributed by atoms with Gasteiger partial charge in [0.15, 0.2) is 5.13 Å². The van der Waals surface area contributed by atoms with Gasteiger partial charge < -0.3 is 10.1 Å². The molecule has 1 N–H and O–H groups in total. The summed E-state index contributed by atoms with van der Waals surface area (Å²) in [7, 11) is 0. The summed E-state index contributed by atoms with van der Waals surface area (Å²) in [5.74, 6) is -1.08. The van der Waals surface area contributed by atoms with Gasteiger partial charge in [0.05, 0.1) is 22.9 Å². The molecule has 2 heterocycles. The van der Waals surface area contributed by atoms with Crippen molar-refractivity contribution in [2.75, 3.05) is 11.9 Å². The molecule has 0 aliphatic carbocycles. The normalized spacial score (nSPS) is 10.5. The number of rotatable bonds is 7. The fourth-order valence-electron chi connectivity index (χ4n) is 2.60. The maximum atomic E-state index is 12.4. The Hall–Kier alpha value is -3.93. The summed E-state index contributed by atoms with van der Waals surface area (Å²) in [5, 5.41) is 17.7. The minimum Gasteiger partial charge on any atom is -0.462 e. The number of carbonyl (C=O) groups excluding carboxylic acids is 2. The van der Waals surface area contributed by atoms with Crippen LogP contribution < -0.4 is 10.9 Å². The third kappa shape index (κ3) is 5.17. The summed E-state index contributed by atoms with van der Waals surface area (Å²) < 4.78 is 5.91. The third-order valence-corrected chi connectivity index (χ3v) is 5.09. The molecule has 1 aromatic carbocycles. The van der Waals surface area contributed by atoms with Crippen LogP contribution in [0.2, 0.25) is 0 Å². The number of non-ortho nitro benzene ring substituents is 1. The number of anilines is 1. The van der Waals surface area contributed by atoms with Crippen molar-refractivity contribution in [1.29, 1.82) is 0 Å². The van der Waals surface area contributed by atoms with Gasteiger partial charge in [-0.15, -0.1) is 0 Å². The van der Waals surface area contributed by atoms with Crippen molar-refractivity contribution in [2.45, 2.75) is 20.4 Å². The molecule has 0 spiro atoms. The first-order chi connectivity index (χ1) is 14.8. The molecule has 0 fully saturated rings. The van der Waals surface area contributed by atoms with Gasteiger partial charge in [-0.25, -0.2) is 14.5 Å². The van der Waals surface area contributed by atoms with E-state index in [1.54, 1.807) is 13.8 Å². The number of thiazole rings is 1. The van der Waals surface area contributed by atoms with Crippen LogP contribution in [0.4, 0.5) is 10.8 Å². The van der Waals surface area contributed by atoms with E-state index >= 15 is 0 Å². The maximum absolute atomic E-state index is 12.4. The van der Waals surface area contributed by atoms with Crippen molar-refractivity contribution >= 4 is 34.0 Å². The molecule has 0 atom stereocenters. The zero-order chi connectivity index (χ0) is 22.5. The van der Waals surface area contributed by atoms with E-state index in [0.717, 1.165) is 16.0 Å². The van der Waals surface area contributed by atoms with Gasteiger partial charge in [0.2, 0.25) is 5.91 Å². The highest BCUT2D eigenvalue weighted by Crippen LogP contribution is 2.23. The molecule has 0 aliphatic rings. The van der Waals surface area contributed by atoms with Crippen molar-refractivity contribution in [3.8, 4) is 11.3 Å². The molecule has 31 heavy (non-hydrogen) atoms. The van der Waals surface area contributed by atoms with Crippen LogP contribution in [0, 0.1) is 17.0 Å². The van der Waals surface area contributed by atoms with Gasteiger partial charge in [0.25, 0.3) is 11.2 Å². The number of carbonyl (C=O) groups is 2. The molecule has 0 unspecified atom stereocenters. The number of hydrogen-bond donors (Lipinski definition) is 1. The third-order valence-electron chi connectivity index (χ3n) is 4.04. The summed E-state index contributed by atoms with van der Waals surface area (Å²) in [6, 6.07) is 8.38. The smallest absolute Gasteiger partial charge is 0.350 e. The van der Waals surface area contributed by atoms with Crippen LogP contribution in [0.3, 0.4) is 0 Å². The lowest BCUT2D eigenvalue weighted by Gasteiger charge is -2.07. The van der Waals surface area contributed by atoms with Gasteiger partial charge in [0, 0.05) is 23.8 Å². The molecular formula is C19H17N5O6S. The number of nitrogens with one attached hydrogen (secondary N) is 1. The lowest BCUT2D eigenvalue weighted by molar-refractivity contribution is -0.384. The molecule has 2 aromatic heterocycles. The Labute approximate surface area is 179 Å². The molecular weight excluding hydrogens is 426 g/mol. The monoisotopic (exact) mass is 443 g/mol. The first-order valence-electron chi connectivity index (χ1n) is 9.06. The Morgan fingerprint density at radius 3 is 2.58 bits per heavy atom. The van der Waals surface area contributed by atoms with E-state index in [2.05, 4.69) is 15.4 Å². The number of nitrogens with zero attached hydrogens (tertiary/aromatic N) is 4. The first kappa shape index (κ1) is 21.8. The van der Waals surface area contributed by atoms with Crippen molar-refractivity contribution in [2.24, 2.45) is 0 Å². The second kappa shape index (κ2) is 9.26. The summed E-state index contributed by atoms with van der Waals surface area (Å²) in [5.41, 5.74) is 0.779. The quantitative estimate of drug-likeness (QED) is 0.333. The fourth-order valence-corrected chi connectivity index (χ4v) is 3.48. The van der Waals surface area contributed by atoms with E-state index in [9.17, 15) is 24.5 Å². The summed E-state index contributed by atoms with van der Waals surface area (Å²) >= 11 is 0.974. The SMILES string of the molecule is CCOC(=O)c1sc(NC(=O)Cn2nc(-c3ccc([N+](=O)[O-])cc3)ccc2=O)nc1C.